The summed E-state index contributed by atoms with van der Waals surface area (Å²) in [5.74, 6) is 3.70. The molecule has 1 unspecified atom stereocenters. The Balaban J connectivity index is 1.22. The second-order valence-corrected chi connectivity index (χ2v) is 11.0. The standard InChI is InChI=1S/C26H33NO2S/c1-3-24(26-12-18-8-19(13-26)10-20(9-18)14-26)27-25(28)23-11-21(16-30-23)15-29-22-6-4-17(2)5-7-22/h4-7,11,16,18-20,24H,3,8-10,12-15H2,1-2H3,(H,27,28). The summed E-state index contributed by atoms with van der Waals surface area (Å²) in [6, 6.07) is 10.4. The largest absolute Gasteiger partial charge is 0.489 e. The van der Waals surface area contributed by atoms with E-state index in [1.165, 1.54) is 55.4 Å². The maximum Gasteiger partial charge on any atom is 0.261 e. The van der Waals surface area contributed by atoms with Crippen molar-refractivity contribution in [2.75, 3.05) is 0 Å². The fraction of sp³-hybridized carbons (Fsp3) is 0.577. The van der Waals surface area contributed by atoms with Crippen LogP contribution in [0.2, 0.25) is 0 Å². The Kier molecular flexibility index (Phi) is 5.38. The lowest BCUT2D eigenvalue weighted by Gasteiger charge is -2.59. The zero-order valence-electron chi connectivity index (χ0n) is 18.2. The van der Waals surface area contributed by atoms with Gasteiger partial charge in [-0.15, -0.1) is 11.3 Å². The average Bonchev–Trinajstić information content (AvgIpc) is 3.19. The molecular weight excluding hydrogens is 390 g/mol. The van der Waals surface area contributed by atoms with Gasteiger partial charge in [0.05, 0.1) is 4.88 Å². The number of hydrogen-bond acceptors (Lipinski definition) is 3. The lowest BCUT2D eigenvalue weighted by Crippen LogP contribution is -2.56. The molecule has 4 aliphatic carbocycles. The molecule has 1 amide bonds. The van der Waals surface area contributed by atoms with Crippen LogP contribution in [0.3, 0.4) is 0 Å². The highest BCUT2D eigenvalue weighted by molar-refractivity contribution is 7.12. The average molecular weight is 424 g/mol. The summed E-state index contributed by atoms with van der Waals surface area (Å²) < 4.78 is 5.88. The van der Waals surface area contributed by atoms with E-state index in [2.05, 4.69) is 36.7 Å². The molecule has 0 spiro atoms. The minimum atomic E-state index is 0.101. The van der Waals surface area contributed by atoms with Crippen molar-refractivity contribution in [3.05, 3.63) is 51.7 Å². The highest BCUT2D eigenvalue weighted by atomic mass is 32.1. The zero-order valence-corrected chi connectivity index (χ0v) is 19.0. The number of nitrogens with one attached hydrogen (secondary N) is 1. The number of benzene rings is 1. The molecule has 4 heteroatoms. The predicted octanol–water partition coefficient (Wildman–Crippen LogP) is 6.36. The number of amides is 1. The van der Waals surface area contributed by atoms with Crippen molar-refractivity contribution in [3.8, 4) is 5.75 Å². The van der Waals surface area contributed by atoms with Gasteiger partial charge < -0.3 is 10.1 Å². The highest BCUT2D eigenvalue weighted by Gasteiger charge is 2.54. The number of aryl methyl sites for hydroxylation is 1. The van der Waals surface area contributed by atoms with Gasteiger partial charge in [-0.3, -0.25) is 4.79 Å². The van der Waals surface area contributed by atoms with Crippen LogP contribution in [-0.2, 0) is 6.61 Å². The Morgan fingerprint density at radius 2 is 1.77 bits per heavy atom. The molecule has 0 aliphatic heterocycles. The van der Waals surface area contributed by atoms with E-state index >= 15 is 0 Å². The normalized spacial score (nSPS) is 30.3. The molecule has 1 N–H and O–H groups in total. The van der Waals surface area contributed by atoms with Crippen molar-refractivity contribution < 1.29 is 9.53 Å². The Morgan fingerprint density at radius 3 is 2.37 bits per heavy atom. The van der Waals surface area contributed by atoms with E-state index < -0.39 is 0 Å². The van der Waals surface area contributed by atoms with Gasteiger partial charge in [-0.05, 0) is 98.6 Å². The maximum absolute atomic E-state index is 13.1. The molecule has 0 saturated heterocycles. The number of hydrogen-bond donors (Lipinski definition) is 1. The van der Waals surface area contributed by atoms with Crippen molar-refractivity contribution in [1.82, 2.24) is 5.32 Å². The van der Waals surface area contributed by atoms with Gasteiger partial charge >= 0.3 is 0 Å². The van der Waals surface area contributed by atoms with E-state index in [0.29, 0.717) is 18.1 Å². The van der Waals surface area contributed by atoms with Gasteiger partial charge in [-0.25, -0.2) is 0 Å². The van der Waals surface area contributed by atoms with Crippen molar-refractivity contribution in [2.45, 2.75) is 71.4 Å². The van der Waals surface area contributed by atoms with E-state index in [0.717, 1.165) is 40.4 Å². The van der Waals surface area contributed by atoms with Gasteiger partial charge in [0.2, 0.25) is 0 Å². The van der Waals surface area contributed by atoms with Gasteiger partial charge in [0.1, 0.15) is 12.4 Å². The third-order valence-electron chi connectivity index (χ3n) is 7.84. The van der Waals surface area contributed by atoms with Gasteiger partial charge in [-0.2, -0.15) is 0 Å². The van der Waals surface area contributed by atoms with Crippen LogP contribution in [-0.4, -0.2) is 11.9 Å². The fourth-order valence-corrected chi connectivity index (χ4v) is 7.69. The molecule has 4 saturated carbocycles. The molecule has 1 atom stereocenters. The van der Waals surface area contributed by atoms with Gasteiger partial charge in [0.15, 0.2) is 0 Å². The smallest absolute Gasteiger partial charge is 0.261 e. The highest BCUT2D eigenvalue weighted by Crippen LogP contribution is 2.61. The predicted molar refractivity (Wildman–Crippen MR) is 122 cm³/mol. The molecule has 160 valence electrons. The Bertz CT molecular complexity index is 865. The van der Waals surface area contributed by atoms with Gasteiger partial charge in [0.25, 0.3) is 5.91 Å². The quantitative estimate of drug-likeness (QED) is 0.563. The van der Waals surface area contributed by atoms with Crippen molar-refractivity contribution in [1.29, 1.82) is 0 Å². The molecule has 6 rings (SSSR count). The third kappa shape index (κ3) is 3.91. The minimum absolute atomic E-state index is 0.101. The monoisotopic (exact) mass is 423 g/mol. The van der Waals surface area contributed by atoms with E-state index in [-0.39, 0.29) is 5.91 Å². The van der Waals surface area contributed by atoms with Crippen molar-refractivity contribution >= 4 is 17.2 Å². The van der Waals surface area contributed by atoms with Crippen LogP contribution in [0.25, 0.3) is 0 Å². The zero-order chi connectivity index (χ0) is 20.7. The van der Waals surface area contributed by atoms with E-state index in [1.807, 2.05) is 18.2 Å². The first-order chi connectivity index (χ1) is 14.5. The van der Waals surface area contributed by atoms with E-state index in [4.69, 9.17) is 4.74 Å². The minimum Gasteiger partial charge on any atom is -0.489 e. The summed E-state index contributed by atoms with van der Waals surface area (Å²) in [4.78, 5) is 13.9. The van der Waals surface area contributed by atoms with Crippen LogP contribution in [0, 0.1) is 30.1 Å². The summed E-state index contributed by atoms with van der Waals surface area (Å²) in [5, 5.41) is 5.51. The molecule has 30 heavy (non-hydrogen) atoms. The Hall–Kier alpha value is -1.81. The molecule has 3 nitrogen and oxygen atoms in total. The summed E-state index contributed by atoms with van der Waals surface area (Å²) in [6.07, 6.45) is 9.36. The number of carbonyl (C=O) groups excluding carboxylic acids is 1. The van der Waals surface area contributed by atoms with Crippen molar-refractivity contribution in [2.24, 2.45) is 23.2 Å². The molecule has 4 fully saturated rings. The molecule has 0 radical (unpaired) electrons. The summed E-state index contributed by atoms with van der Waals surface area (Å²) >= 11 is 1.53. The lowest BCUT2D eigenvalue weighted by molar-refractivity contribution is -0.0727. The topological polar surface area (TPSA) is 38.3 Å². The van der Waals surface area contributed by atoms with Crippen LogP contribution in [0.5, 0.6) is 5.75 Å². The number of thiophene rings is 1. The van der Waals surface area contributed by atoms with E-state index in [1.54, 1.807) is 0 Å². The number of carbonyl (C=O) groups is 1. The van der Waals surface area contributed by atoms with Crippen LogP contribution in [0.15, 0.2) is 35.7 Å². The van der Waals surface area contributed by atoms with Gasteiger partial charge in [0, 0.05) is 11.6 Å². The molecule has 1 aromatic heterocycles. The third-order valence-corrected chi connectivity index (χ3v) is 8.82. The first kappa shape index (κ1) is 20.1. The molecule has 4 bridgehead atoms. The Morgan fingerprint density at radius 1 is 1.13 bits per heavy atom. The molecule has 1 heterocycles. The van der Waals surface area contributed by atoms with Crippen LogP contribution in [0.4, 0.5) is 0 Å². The SMILES string of the molecule is CCC(NC(=O)c1cc(COc2ccc(C)cc2)cs1)C12CC3CC(CC(C3)C1)C2. The van der Waals surface area contributed by atoms with Crippen LogP contribution < -0.4 is 10.1 Å². The fourth-order valence-electron chi connectivity index (χ4n) is 6.89. The second-order valence-electron chi connectivity index (χ2n) is 10.1. The molecule has 1 aromatic carbocycles. The molecule has 2 aromatic rings. The lowest BCUT2D eigenvalue weighted by atomic mass is 9.47. The summed E-state index contributed by atoms with van der Waals surface area (Å²) in [7, 11) is 0. The number of ether oxygens (including phenoxy) is 1. The van der Waals surface area contributed by atoms with E-state index in [9.17, 15) is 4.79 Å². The number of rotatable bonds is 7. The second kappa shape index (κ2) is 8.03. The molecular formula is C26H33NO2S. The summed E-state index contributed by atoms with van der Waals surface area (Å²) in [5.41, 5.74) is 2.64. The maximum atomic E-state index is 13.1. The first-order valence-corrected chi connectivity index (χ1v) is 12.5. The first-order valence-electron chi connectivity index (χ1n) is 11.6. The Labute approximate surface area is 184 Å². The summed E-state index contributed by atoms with van der Waals surface area (Å²) in [6.45, 7) is 4.82. The molecule has 4 aliphatic rings. The van der Waals surface area contributed by atoms with Gasteiger partial charge in [-0.1, -0.05) is 24.6 Å². The van der Waals surface area contributed by atoms with Crippen LogP contribution in [0.1, 0.15) is 72.7 Å². The van der Waals surface area contributed by atoms with Crippen molar-refractivity contribution in [3.63, 3.8) is 0 Å². The van der Waals surface area contributed by atoms with Crippen LogP contribution >= 0.6 is 11.3 Å².